The molecule has 12 heteroatoms. The summed E-state index contributed by atoms with van der Waals surface area (Å²) >= 11 is 0. The van der Waals surface area contributed by atoms with E-state index in [4.69, 9.17) is 0 Å². The largest absolute Gasteiger partial charge is 0.416 e. The fourth-order valence-corrected chi connectivity index (χ4v) is 3.27. The maximum atomic E-state index is 13.9. The van der Waals surface area contributed by atoms with Gasteiger partial charge >= 0.3 is 6.18 Å². The lowest BCUT2D eigenvalue weighted by Crippen LogP contribution is -2.18. The molecule has 0 saturated heterocycles. The van der Waals surface area contributed by atoms with E-state index in [0.29, 0.717) is 29.6 Å². The average Bonchev–Trinajstić information content (AvgIpc) is 2.86. The zero-order valence-electron chi connectivity index (χ0n) is 19.1. The van der Waals surface area contributed by atoms with Crippen LogP contribution in [0.15, 0.2) is 73.4 Å². The van der Waals surface area contributed by atoms with Crippen molar-refractivity contribution in [2.75, 3.05) is 16.0 Å². The number of nitrogens with zero attached hydrogens (tertiary/aromatic N) is 3. The number of amides is 2. The van der Waals surface area contributed by atoms with Gasteiger partial charge in [0.2, 0.25) is 0 Å². The third kappa shape index (κ3) is 6.23. The van der Waals surface area contributed by atoms with E-state index in [1.165, 1.54) is 31.0 Å². The molecule has 2 aromatic carbocycles. The van der Waals surface area contributed by atoms with Crippen LogP contribution in [0.25, 0.3) is 0 Å². The van der Waals surface area contributed by atoms with Crippen molar-refractivity contribution in [3.63, 3.8) is 0 Å². The summed E-state index contributed by atoms with van der Waals surface area (Å²) in [6, 6.07) is 9.96. The third-order valence-corrected chi connectivity index (χ3v) is 5.10. The summed E-state index contributed by atoms with van der Waals surface area (Å²) in [5.41, 5.74) is -0.105. The van der Waals surface area contributed by atoms with Crippen molar-refractivity contribution in [2.45, 2.75) is 13.1 Å². The maximum absolute atomic E-state index is 13.9. The first kappa shape index (κ1) is 25.2. The summed E-state index contributed by atoms with van der Waals surface area (Å²) in [6.07, 6.45) is 0.427. The monoisotopic (exact) mass is 510 g/mol. The van der Waals surface area contributed by atoms with Crippen LogP contribution in [0.3, 0.4) is 0 Å². The van der Waals surface area contributed by atoms with Crippen LogP contribution in [0, 0.1) is 12.7 Å². The van der Waals surface area contributed by atoms with Crippen LogP contribution in [0.5, 0.6) is 0 Å². The normalized spacial score (nSPS) is 11.1. The molecule has 0 fully saturated rings. The fraction of sp³-hybridized carbons (Fsp3) is 0.0800. The Morgan fingerprint density at radius 2 is 1.54 bits per heavy atom. The molecular formula is C25H18F4N6O2. The molecule has 8 nitrogen and oxygen atoms in total. The molecule has 0 unspecified atom stereocenters. The van der Waals surface area contributed by atoms with Crippen molar-refractivity contribution in [1.29, 1.82) is 0 Å². The molecule has 37 heavy (non-hydrogen) atoms. The van der Waals surface area contributed by atoms with Gasteiger partial charge < -0.3 is 16.0 Å². The fourth-order valence-electron chi connectivity index (χ4n) is 3.27. The van der Waals surface area contributed by atoms with E-state index in [0.717, 1.165) is 5.56 Å². The van der Waals surface area contributed by atoms with Crippen molar-refractivity contribution >= 4 is 34.7 Å². The van der Waals surface area contributed by atoms with Crippen LogP contribution in [-0.4, -0.2) is 26.8 Å². The number of rotatable bonds is 6. The molecular weight excluding hydrogens is 492 g/mol. The second-order valence-electron chi connectivity index (χ2n) is 7.82. The molecule has 0 aliphatic carbocycles. The second kappa shape index (κ2) is 10.4. The Morgan fingerprint density at radius 1 is 0.838 bits per heavy atom. The average molecular weight is 510 g/mol. The topological polar surface area (TPSA) is 109 Å². The molecule has 0 atom stereocenters. The van der Waals surface area contributed by atoms with Gasteiger partial charge in [0.1, 0.15) is 12.1 Å². The van der Waals surface area contributed by atoms with E-state index >= 15 is 0 Å². The first-order valence-electron chi connectivity index (χ1n) is 10.7. The second-order valence-corrected chi connectivity index (χ2v) is 7.82. The quantitative estimate of drug-likeness (QED) is 0.292. The Balaban J connectivity index is 1.69. The summed E-state index contributed by atoms with van der Waals surface area (Å²) in [7, 11) is 0. The van der Waals surface area contributed by atoms with Gasteiger partial charge in [0.15, 0.2) is 5.82 Å². The zero-order valence-corrected chi connectivity index (χ0v) is 19.1. The van der Waals surface area contributed by atoms with Crippen molar-refractivity contribution < 1.29 is 27.2 Å². The van der Waals surface area contributed by atoms with Crippen LogP contribution in [-0.2, 0) is 6.18 Å². The third-order valence-electron chi connectivity index (χ3n) is 5.10. The summed E-state index contributed by atoms with van der Waals surface area (Å²) < 4.78 is 53.3. The van der Waals surface area contributed by atoms with E-state index in [1.807, 2.05) is 19.1 Å². The van der Waals surface area contributed by atoms with E-state index in [1.54, 1.807) is 12.1 Å². The number of anilines is 4. The number of halogens is 4. The van der Waals surface area contributed by atoms with Gasteiger partial charge in [-0.05, 0) is 42.8 Å². The number of benzene rings is 2. The molecule has 0 aliphatic heterocycles. The minimum Gasteiger partial charge on any atom is -0.338 e. The van der Waals surface area contributed by atoms with Crippen molar-refractivity contribution in [1.82, 2.24) is 15.0 Å². The van der Waals surface area contributed by atoms with Crippen LogP contribution in [0.2, 0.25) is 0 Å². The molecule has 0 aliphatic rings. The van der Waals surface area contributed by atoms with E-state index in [-0.39, 0.29) is 17.1 Å². The smallest absolute Gasteiger partial charge is 0.338 e. The van der Waals surface area contributed by atoms with Gasteiger partial charge in [-0.1, -0.05) is 18.2 Å². The lowest BCUT2D eigenvalue weighted by atomic mass is 10.1. The maximum Gasteiger partial charge on any atom is 0.416 e. The van der Waals surface area contributed by atoms with Crippen LogP contribution in [0.1, 0.15) is 31.8 Å². The minimum absolute atomic E-state index is 0.0182. The summed E-state index contributed by atoms with van der Waals surface area (Å²) in [4.78, 5) is 37.4. The van der Waals surface area contributed by atoms with Gasteiger partial charge in [0.05, 0.1) is 34.9 Å². The standard InChI is InChI=1S/C25H18F4N6O2/c1-14-4-2-3-5-20(14)34-22-21(8-16(10-32-22)24(37)33-19-11-30-13-31-12-19)35-23(36)15-6-17(25(27,28)29)9-18(26)7-15/h2-13H,1H3,(H,32,34)(H,33,37)(H,35,36). The van der Waals surface area contributed by atoms with E-state index in [2.05, 4.69) is 30.9 Å². The van der Waals surface area contributed by atoms with Gasteiger partial charge in [0.25, 0.3) is 11.8 Å². The number of hydrogen-bond donors (Lipinski definition) is 3. The predicted molar refractivity (Wildman–Crippen MR) is 128 cm³/mol. The number of aryl methyl sites for hydroxylation is 1. The minimum atomic E-state index is -4.85. The zero-order chi connectivity index (χ0) is 26.6. The van der Waals surface area contributed by atoms with Crippen molar-refractivity contribution in [3.05, 3.63) is 102 Å². The number of nitrogens with one attached hydrogen (secondary N) is 3. The highest BCUT2D eigenvalue weighted by atomic mass is 19.4. The number of hydrogen-bond acceptors (Lipinski definition) is 6. The van der Waals surface area contributed by atoms with Gasteiger partial charge in [-0.3, -0.25) is 9.59 Å². The lowest BCUT2D eigenvalue weighted by molar-refractivity contribution is -0.137. The van der Waals surface area contributed by atoms with E-state index < -0.39 is 34.9 Å². The highest BCUT2D eigenvalue weighted by Crippen LogP contribution is 2.31. The van der Waals surface area contributed by atoms with Gasteiger partial charge in [0, 0.05) is 17.4 Å². The highest BCUT2D eigenvalue weighted by Gasteiger charge is 2.32. The first-order valence-corrected chi connectivity index (χ1v) is 10.7. The van der Waals surface area contributed by atoms with Crippen molar-refractivity contribution in [3.8, 4) is 0 Å². The number of aromatic nitrogens is 3. The molecule has 2 aromatic heterocycles. The number of alkyl halides is 3. The van der Waals surface area contributed by atoms with Crippen LogP contribution >= 0.6 is 0 Å². The Hall–Kier alpha value is -4.87. The lowest BCUT2D eigenvalue weighted by Gasteiger charge is -2.16. The first-order chi connectivity index (χ1) is 17.6. The molecule has 0 radical (unpaired) electrons. The molecule has 0 bridgehead atoms. The highest BCUT2D eigenvalue weighted by molar-refractivity contribution is 6.08. The Kier molecular flexibility index (Phi) is 7.09. The Morgan fingerprint density at radius 3 is 2.24 bits per heavy atom. The molecule has 4 rings (SSSR count). The molecule has 188 valence electrons. The number of carbonyl (C=O) groups is 2. The van der Waals surface area contributed by atoms with Gasteiger partial charge in [-0.2, -0.15) is 13.2 Å². The SMILES string of the molecule is Cc1ccccc1Nc1ncc(C(=O)Nc2cncnc2)cc1NC(=O)c1cc(F)cc(C(F)(F)F)c1. The molecule has 4 aromatic rings. The number of para-hydroxylation sites is 1. The number of carbonyl (C=O) groups excluding carboxylic acids is 2. The predicted octanol–water partition coefficient (Wildman–Crippen LogP) is 5.59. The Labute approximate surface area is 207 Å². The summed E-state index contributed by atoms with van der Waals surface area (Å²) in [5, 5.41) is 8.03. The molecule has 0 spiro atoms. The number of pyridine rings is 1. The Bertz CT molecular complexity index is 1460. The summed E-state index contributed by atoms with van der Waals surface area (Å²) in [5.74, 6) is -2.76. The molecule has 0 saturated carbocycles. The molecule has 2 heterocycles. The van der Waals surface area contributed by atoms with Crippen molar-refractivity contribution in [2.24, 2.45) is 0 Å². The van der Waals surface area contributed by atoms with E-state index in [9.17, 15) is 27.2 Å². The molecule has 3 N–H and O–H groups in total. The van der Waals surface area contributed by atoms with Crippen LogP contribution in [0.4, 0.5) is 40.4 Å². The van der Waals surface area contributed by atoms with Crippen LogP contribution < -0.4 is 16.0 Å². The van der Waals surface area contributed by atoms with Gasteiger partial charge in [-0.25, -0.2) is 19.3 Å². The molecule has 2 amide bonds. The summed E-state index contributed by atoms with van der Waals surface area (Å²) in [6.45, 7) is 1.83. The van der Waals surface area contributed by atoms with Gasteiger partial charge in [-0.15, -0.1) is 0 Å².